The lowest BCUT2D eigenvalue weighted by Crippen LogP contribution is -2.65. The first-order valence-electron chi connectivity index (χ1n) is 11.8. The van der Waals surface area contributed by atoms with Gasteiger partial charge in [0, 0.05) is 7.11 Å². The highest BCUT2D eigenvalue weighted by Crippen LogP contribution is 2.36. The minimum atomic E-state index is -1.39. The van der Waals surface area contributed by atoms with Crippen LogP contribution < -0.4 is 0 Å². The average Bonchev–Trinajstić information content (AvgIpc) is 2.91. The molecule has 192 valence electrons. The second-order valence-electron chi connectivity index (χ2n) is 8.99. The van der Waals surface area contributed by atoms with Crippen molar-refractivity contribution in [3.05, 3.63) is 108 Å². The predicted molar refractivity (Wildman–Crippen MR) is 133 cm³/mol. The Hall–Kier alpha value is -4.01. The molecule has 1 aliphatic rings. The van der Waals surface area contributed by atoms with E-state index in [1.807, 2.05) is 0 Å². The van der Waals surface area contributed by atoms with Crippen LogP contribution in [0.1, 0.15) is 44.9 Å². The van der Waals surface area contributed by atoms with Crippen molar-refractivity contribution in [1.29, 1.82) is 0 Å². The Morgan fingerprint density at radius 3 is 1.41 bits per heavy atom. The monoisotopic (exact) mass is 504 g/mol. The van der Waals surface area contributed by atoms with E-state index in [1.165, 1.54) is 7.11 Å². The molecule has 1 saturated heterocycles. The van der Waals surface area contributed by atoms with E-state index in [2.05, 4.69) is 0 Å². The zero-order valence-electron chi connectivity index (χ0n) is 20.7. The number of carbonyl (C=O) groups is 3. The van der Waals surface area contributed by atoms with Crippen LogP contribution in [0.25, 0.3) is 0 Å². The van der Waals surface area contributed by atoms with Gasteiger partial charge in [0.25, 0.3) is 0 Å². The zero-order valence-corrected chi connectivity index (χ0v) is 20.7. The van der Waals surface area contributed by atoms with Crippen LogP contribution in [0.4, 0.5) is 0 Å². The van der Waals surface area contributed by atoms with Crippen molar-refractivity contribution in [2.24, 2.45) is 0 Å². The van der Waals surface area contributed by atoms with E-state index >= 15 is 0 Å². The van der Waals surface area contributed by atoms with Crippen molar-refractivity contribution < 1.29 is 38.1 Å². The van der Waals surface area contributed by atoms with E-state index in [9.17, 15) is 14.4 Å². The summed E-state index contributed by atoms with van der Waals surface area (Å²) in [6.45, 7) is 3.42. The summed E-state index contributed by atoms with van der Waals surface area (Å²) < 4.78 is 29.1. The number of ether oxygens (including phenoxy) is 5. The molecule has 1 heterocycles. The van der Waals surface area contributed by atoms with Gasteiger partial charge in [-0.05, 0) is 50.2 Å². The molecule has 0 unspecified atom stereocenters. The molecule has 37 heavy (non-hydrogen) atoms. The Kier molecular flexibility index (Phi) is 8.01. The molecule has 4 rings (SSSR count). The number of benzene rings is 3. The second-order valence-corrected chi connectivity index (χ2v) is 8.99. The van der Waals surface area contributed by atoms with E-state index in [-0.39, 0.29) is 11.1 Å². The van der Waals surface area contributed by atoms with Gasteiger partial charge in [-0.15, -0.1) is 0 Å². The molecule has 0 amide bonds. The van der Waals surface area contributed by atoms with Crippen LogP contribution in [-0.2, 0) is 23.7 Å². The normalized spacial score (nSPS) is 22.5. The Morgan fingerprint density at radius 2 is 1.00 bits per heavy atom. The average molecular weight is 505 g/mol. The summed E-state index contributed by atoms with van der Waals surface area (Å²) in [7, 11) is 1.44. The summed E-state index contributed by atoms with van der Waals surface area (Å²) in [5, 5.41) is 0. The molecule has 0 spiro atoms. The minimum absolute atomic E-state index is 0.266. The molecule has 8 heteroatoms. The number of carbonyl (C=O) groups excluding carboxylic acids is 3. The molecule has 0 N–H and O–H groups in total. The number of hydrogen-bond acceptors (Lipinski definition) is 8. The first-order valence-corrected chi connectivity index (χ1v) is 11.8. The van der Waals surface area contributed by atoms with Crippen molar-refractivity contribution in [3.8, 4) is 0 Å². The van der Waals surface area contributed by atoms with Crippen LogP contribution in [0.2, 0.25) is 0 Å². The first kappa shape index (κ1) is 26.1. The van der Waals surface area contributed by atoms with Crippen molar-refractivity contribution in [1.82, 2.24) is 0 Å². The standard InChI is InChI=1S/C29H28O8/c1-29(2)24(33-3)22(34-25(30)19-13-7-4-8-14-19)23(35-26(31)20-15-9-5-10-16-20)28(37-29)36-27(32)21-17-11-6-12-18-21/h4-18,22-24,28H,1-3H3/t22-,23+,24+,28-/m0/s1. The fourth-order valence-electron chi connectivity index (χ4n) is 4.20. The molecule has 0 saturated carbocycles. The summed E-state index contributed by atoms with van der Waals surface area (Å²) in [5.74, 6) is -2.05. The number of rotatable bonds is 7. The maximum absolute atomic E-state index is 13.1. The smallest absolute Gasteiger partial charge is 0.340 e. The van der Waals surface area contributed by atoms with Gasteiger partial charge in [0.05, 0.1) is 22.3 Å². The Balaban J connectivity index is 1.69. The molecule has 0 aliphatic carbocycles. The molecular weight excluding hydrogens is 476 g/mol. The fourth-order valence-corrected chi connectivity index (χ4v) is 4.20. The second kappa shape index (κ2) is 11.4. The molecular formula is C29H28O8. The van der Waals surface area contributed by atoms with Gasteiger partial charge in [0.1, 0.15) is 6.10 Å². The van der Waals surface area contributed by atoms with Crippen LogP contribution in [0.3, 0.4) is 0 Å². The Labute approximate surface area is 215 Å². The van der Waals surface area contributed by atoms with Crippen molar-refractivity contribution in [2.75, 3.05) is 7.11 Å². The van der Waals surface area contributed by atoms with Crippen molar-refractivity contribution in [3.63, 3.8) is 0 Å². The number of methoxy groups -OCH3 is 1. The number of hydrogen-bond donors (Lipinski definition) is 0. The van der Waals surface area contributed by atoms with Gasteiger partial charge in [0.2, 0.25) is 12.4 Å². The van der Waals surface area contributed by atoms with E-state index in [0.29, 0.717) is 5.56 Å². The van der Waals surface area contributed by atoms with E-state index in [1.54, 1.807) is 105 Å². The highest BCUT2D eigenvalue weighted by atomic mass is 16.7. The van der Waals surface area contributed by atoms with Gasteiger partial charge in [-0.3, -0.25) is 0 Å². The lowest BCUT2D eigenvalue weighted by Gasteiger charge is -2.48. The third kappa shape index (κ3) is 6.04. The molecule has 0 aromatic heterocycles. The molecule has 8 nitrogen and oxygen atoms in total. The molecule has 0 bridgehead atoms. The topological polar surface area (TPSA) is 97.4 Å². The maximum atomic E-state index is 13.1. The summed E-state index contributed by atoms with van der Waals surface area (Å²) in [5.41, 5.74) is -0.243. The van der Waals surface area contributed by atoms with Crippen LogP contribution in [0, 0.1) is 0 Å². The summed E-state index contributed by atoms with van der Waals surface area (Å²) in [4.78, 5) is 39.1. The van der Waals surface area contributed by atoms with Gasteiger partial charge in [-0.1, -0.05) is 54.6 Å². The molecule has 4 atom stereocenters. The third-order valence-electron chi connectivity index (χ3n) is 5.99. The maximum Gasteiger partial charge on any atom is 0.340 e. The van der Waals surface area contributed by atoms with Gasteiger partial charge < -0.3 is 23.7 Å². The van der Waals surface area contributed by atoms with E-state index < -0.39 is 48.1 Å². The fraction of sp³-hybridized carbons (Fsp3) is 0.276. The van der Waals surface area contributed by atoms with Crippen molar-refractivity contribution in [2.45, 2.75) is 44.1 Å². The highest BCUT2D eigenvalue weighted by molar-refractivity contribution is 5.91. The number of esters is 3. The Morgan fingerprint density at radius 1 is 0.622 bits per heavy atom. The lowest BCUT2D eigenvalue weighted by molar-refractivity contribution is -0.310. The summed E-state index contributed by atoms with van der Waals surface area (Å²) in [6.07, 6.45) is -4.75. The SMILES string of the molecule is CO[C@@H]1[C@@H](OC(=O)c2ccccc2)[C@@H](OC(=O)c2ccccc2)[C@@H](OC(=O)c2ccccc2)OC1(C)C. The first-order chi connectivity index (χ1) is 17.8. The van der Waals surface area contributed by atoms with Gasteiger partial charge in [-0.25, -0.2) is 14.4 Å². The molecule has 3 aromatic rings. The zero-order chi connectivity index (χ0) is 26.4. The van der Waals surface area contributed by atoms with Crippen LogP contribution in [0.15, 0.2) is 91.0 Å². The molecule has 0 radical (unpaired) electrons. The molecule has 1 fully saturated rings. The van der Waals surface area contributed by atoms with Crippen LogP contribution in [-0.4, -0.2) is 55.2 Å². The predicted octanol–water partition coefficient (Wildman–Crippen LogP) is 4.44. The molecule has 3 aromatic carbocycles. The quantitative estimate of drug-likeness (QED) is 0.344. The highest BCUT2D eigenvalue weighted by Gasteiger charge is 2.56. The van der Waals surface area contributed by atoms with Gasteiger partial charge in [-0.2, -0.15) is 0 Å². The van der Waals surface area contributed by atoms with Crippen LogP contribution in [0.5, 0.6) is 0 Å². The summed E-state index contributed by atoms with van der Waals surface area (Å²) in [6, 6.07) is 25.0. The van der Waals surface area contributed by atoms with E-state index in [4.69, 9.17) is 23.7 Å². The van der Waals surface area contributed by atoms with Gasteiger partial charge >= 0.3 is 17.9 Å². The molecule has 1 aliphatic heterocycles. The van der Waals surface area contributed by atoms with E-state index in [0.717, 1.165) is 0 Å². The van der Waals surface area contributed by atoms with Crippen LogP contribution >= 0.6 is 0 Å². The minimum Gasteiger partial charge on any atom is -0.452 e. The summed E-state index contributed by atoms with van der Waals surface area (Å²) >= 11 is 0. The van der Waals surface area contributed by atoms with Crippen molar-refractivity contribution >= 4 is 17.9 Å². The lowest BCUT2D eigenvalue weighted by atomic mass is 9.89. The third-order valence-corrected chi connectivity index (χ3v) is 5.99. The Bertz CT molecular complexity index is 1210. The largest absolute Gasteiger partial charge is 0.452 e. The van der Waals surface area contributed by atoms with Gasteiger partial charge in [0.15, 0.2) is 6.10 Å².